The summed E-state index contributed by atoms with van der Waals surface area (Å²) in [4.78, 5) is 23.3. The highest BCUT2D eigenvalue weighted by Crippen LogP contribution is 2.33. The second-order valence-electron chi connectivity index (χ2n) is 7.42. The minimum Gasteiger partial charge on any atom is -0.339 e. The van der Waals surface area contributed by atoms with E-state index >= 15 is 0 Å². The number of aryl methyl sites for hydroxylation is 1. The standard InChI is InChI=1S/C21H16F3N5O2/c1-12-17(29-8-3-2-7-16(29)25-12)20(30)28-10-14(11-28)19-26-18(27-31-19)13-5-4-6-15(9-13)21(22,23)24/h2-9,14H,10-11H2,1H3. The molecule has 1 aliphatic rings. The van der Waals surface area contributed by atoms with Gasteiger partial charge < -0.3 is 9.42 Å². The van der Waals surface area contributed by atoms with Crippen molar-refractivity contribution >= 4 is 11.6 Å². The maximum absolute atomic E-state index is 12.9. The summed E-state index contributed by atoms with van der Waals surface area (Å²) in [5.41, 5.74) is 1.29. The number of carbonyl (C=O) groups excluding carboxylic acids is 1. The summed E-state index contributed by atoms with van der Waals surface area (Å²) in [6, 6.07) is 10.3. The minimum absolute atomic E-state index is 0.0866. The Balaban J connectivity index is 1.31. The Morgan fingerprint density at radius 1 is 1.13 bits per heavy atom. The number of likely N-dealkylation sites (tertiary alicyclic amines) is 1. The van der Waals surface area contributed by atoms with Crippen LogP contribution in [0.4, 0.5) is 13.2 Å². The van der Waals surface area contributed by atoms with E-state index in [1.807, 2.05) is 18.2 Å². The summed E-state index contributed by atoms with van der Waals surface area (Å²) in [5, 5.41) is 3.82. The van der Waals surface area contributed by atoms with E-state index in [0.29, 0.717) is 36.0 Å². The lowest BCUT2D eigenvalue weighted by Crippen LogP contribution is -2.49. The van der Waals surface area contributed by atoms with Crippen LogP contribution < -0.4 is 0 Å². The number of fused-ring (bicyclic) bond motifs is 1. The van der Waals surface area contributed by atoms with Gasteiger partial charge in [0.1, 0.15) is 11.3 Å². The number of rotatable bonds is 3. The normalized spacial score (nSPS) is 14.8. The van der Waals surface area contributed by atoms with E-state index in [2.05, 4.69) is 15.1 Å². The molecule has 1 aliphatic heterocycles. The molecule has 0 aliphatic carbocycles. The second-order valence-corrected chi connectivity index (χ2v) is 7.42. The van der Waals surface area contributed by atoms with E-state index in [-0.39, 0.29) is 23.2 Å². The maximum Gasteiger partial charge on any atom is 0.416 e. The number of pyridine rings is 1. The van der Waals surface area contributed by atoms with Gasteiger partial charge >= 0.3 is 6.18 Å². The number of alkyl halides is 3. The van der Waals surface area contributed by atoms with Gasteiger partial charge in [-0.25, -0.2) is 4.98 Å². The number of aromatic nitrogens is 4. The highest BCUT2D eigenvalue weighted by atomic mass is 19.4. The molecule has 4 heterocycles. The molecule has 0 spiro atoms. The topological polar surface area (TPSA) is 76.5 Å². The number of carbonyl (C=O) groups is 1. The molecule has 1 amide bonds. The average molecular weight is 427 g/mol. The monoisotopic (exact) mass is 427 g/mol. The molecule has 158 valence electrons. The third kappa shape index (κ3) is 3.33. The summed E-state index contributed by atoms with van der Waals surface area (Å²) >= 11 is 0. The van der Waals surface area contributed by atoms with E-state index in [1.165, 1.54) is 12.1 Å². The van der Waals surface area contributed by atoms with Crippen molar-refractivity contribution in [1.82, 2.24) is 24.4 Å². The number of hydrogen-bond donors (Lipinski definition) is 0. The minimum atomic E-state index is -4.45. The molecular formula is C21H16F3N5O2. The Morgan fingerprint density at radius 2 is 1.94 bits per heavy atom. The van der Waals surface area contributed by atoms with Crippen LogP contribution in [0.3, 0.4) is 0 Å². The first-order valence-corrected chi connectivity index (χ1v) is 9.55. The lowest BCUT2D eigenvalue weighted by molar-refractivity contribution is -0.137. The molecule has 0 radical (unpaired) electrons. The van der Waals surface area contributed by atoms with Crippen LogP contribution in [-0.4, -0.2) is 43.4 Å². The van der Waals surface area contributed by atoms with Crippen molar-refractivity contribution in [3.8, 4) is 11.4 Å². The Labute approximate surface area is 174 Å². The Bertz CT molecular complexity index is 1290. The number of benzene rings is 1. The average Bonchev–Trinajstić information content (AvgIpc) is 3.30. The first-order chi connectivity index (χ1) is 14.8. The molecule has 3 aromatic heterocycles. The predicted molar refractivity (Wildman–Crippen MR) is 103 cm³/mol. The lowest BCUT2D eigenvalue weighted by Gasteiger charge is -2.37. The fourth-order valence-corrected chi connectivity index (χ4v) is 3.67. The molecule has 0 unspecified atom stereocenters. The summed E-state index contributed by atoms with van der Waals surface area (Å²) in [7, 11) is 0. The molecule has 0 N–H and O–H groups in total. The number of halogens is 3. The van der Waals surface area contributed by atoms with Crippen LogP contribution >= 0.6 is 0 Å². The van der Waals surface area contributed by atoms with Crippen molar-refractivity contribution in [2.45, 2.75) is 19.0 Å². The van der Waals surface area contributed by atoms with E-state index in [1.54, 1.807) is 22.4 Å². The van der Waals surface area contributed by atoms with Crippen molar-refractivity contribution in [3.05, 3.63) is 71.5 Å². The van der Waals surface area contributed by atoms with Crippen LogP contribution in [0.5, 0.6) is 0 Å². The smallest absolute Gasteiger partial charge is 0.339 e. The SMILES string of the molecule is Cc1nc2ccccn2c1C(=O)N1CC(c2nc(-c3cccc(C(F)(F)F)c3)no2)C1. The zero-order valence-corrected chi connectivity index (χ0v) is 16.3. The molecule has 1 fully saturated rings. The summed E-state index contributed by atoms with van der Waals surface area (Å²) in [6.45, 7) is 2.54. The summed E-state index contributed by atoms with van der Waals surface area (Å²) < 4.78 is 45.8. The van der Waals surface area contributed by atoms with Crippen LogP contribution in [0.2, 0.25) is 0 Å². The largest absolute Gasteiger partial charge is 0.416 e. The molecular weight excluding hydrogens is 411 g/mol. The van der Waals surface area contributed by atoms with Gasteiger partial charge in [0.2, 0.25) is 11.7 Å². The highest BCUT2D eigenvalue weighted by molar-refractivity contribution is 5.95. The number of hydrogen-bond acceptors (Lipinski definition) is 5. The quantitative estimate of drug-likeness (QED) is 0.495. The van der Waals surface area contributed by atoms with Gasteiger partial charge in [-0.3, -0.25) is 9.20 Å². The fourth-order valence-electron chi connectivity index (χ4n) is 3.67. The molecule has 0 bridgehead atoms. The molecule has 5 rings (SSSR count). The number of imidazole rings is 1. The van der Waals surface area contributed by atoms with Crippen molar-refractivity contribution in [1.29, 1.82) is 0 Å². The van der Waals surface area contributed by atoms with Gasteiger partial charge in [0, 0.05) is 24.8 Å². The first-order valence-electron chi connectivity index (χ1n) is 9.55. The molecule has 1 saturated heterocycles. The van der Waals surface area contributed by atoms with Crippen molar-refractivity contribution in [3.63, 3.8) is 0 Å². The predicted octanol–water partition coefficient (Wildman–Crippen LogP) is 3.95. The number of nitrogens with zero attached hydrogens (tertiary/aromatic N) is 5. The van der Waals surface area contributed by atoms with Gasteiger partial charge in [-0.05, 0) is 31.2 Å². The van der Waals surface area contributed by atoms with Crippen LogP contribution in [-0.2, 0) is 6.18 Å². The highest BCUT2D eigenvalue weighted by Gasteiger charge is 2.38. The molecule has 4 aromatic rings. The zero-order chi connectivity index (χ0) is 21.8. The van der Waals surface area contributed by atoms with Gasteiger partial charge in [0.15, 0.2) is 0 Å². The van der Waals surface area contributed by atoms with E-state index in [9.17, 15) is 18.0 Å². The van der Waals surface area contributed by atoms with Crippen LogP contribution in [0.1, 0.15) is 33.6 Å². The number of amides is 1. The molecule has 0 atom stereocenters. The zero-order valence-electron chi connectivity index (χ0n) is 16.3. The van der Waals surface area contributed by atoms with E-state index < -0.39 is 11.7 Å². The van der Waals surface area contributed by atoms with Crippen LogP contribution in [0.25, 0.3) is 17.0 Å². The second kappa shape index (κ2) is 6.93. The Morgan fingerprint density at radius 3 is 2.71 bits per heavy atom. The lowest BCUT2D eigenvalue weighted by atomic mass is 9.99. The van der Waals surface area contributed by atoms with Crippen molar-refractivity contribution < 1.29 is 22.5 Å². The summed E-state index contributed by atoms with van der Waals surface area (Å²) in [5.74, 6) is 0.0652. The van der Waals surface area contributed by atoms with Crippen molar-refractivity contribution in [2.24, 2.45) is 0 Å². The van der Waals surface area contributed by atoms with Gasteiger partial charge in [-0.1, -0.05) is 23.4 Å². The van der Waals surface area contributed by atoms with Gasteiger partial charge in [-0.2, -0.15) is 18.2 Å². The third-order valence-electron chi connectivity index (χ3n) is 5.31. The Hall–Kier alpha value is -3.69. The van der Waals surface area contributed by atoms with Gasteiger partial charge in [0.25, 0.3) is 5.91 Å². The maximum atomic E-state index is 12.9. The van der Waals surface area contributed by atoms with Crippen LogP contribution in [0.15, 0.2) is 53.2 Å². The molecule has 10 heteroatoms. The third-order valence-corrected chi connectivity index (χ3v) is 5.31. The summed E-state index contributed by atoms with van der Waals surface area (Å²) in [6.07, 6.45) is -2.66. The van der Waals surface area contributed by atoms with E-state index in [4.69, 9.17) is 4.52 Å². The first kappa shape index (κ1) is 19.3. The van der Waals surface area contributed by atoms with Crippen molar-refractivity contribution in [2.75, 3.05) is 13.1 Å². The molecule has 31 heavy (non-hydrogen) atoms. The van der Waals surface area contributed by atoms with E-state index in [0.717, 1.165) is 12.1 Å². The molecule has 7 nitrogen and oxygen atoms in total. The Kier molecular flexibility index (Phi) is 4.31. The molecule has 0 saturated carbocycles. The fraction of sp³-hybridized carbons (Fsp3) is 0.238. The molecule has 1 aromatic carbocycles. The van der Waals surface area contributed by atoms with Gasteiger partial charge in [-0.15, -0.1) is 0 Å². The van der Waals surface area contributed by atoms with Gasteiger partial charge in [0.05, 0.1) is 17.2 Å². The van der Waals surface area contributed by atoms with Crippen LogP contribution in [0, 0.1) is 6.92 Å².